The molecule has 0 radical (unpaired) electrons. The fourth-order valence-corrected chi connectivity index (χ4v) is 1.79. The van der Waals surface area contributed by atoms with E-state index in [0.717, 1.165) is 0 Å². The Bertz CT molecular complexity index is 609. The number of carbonyl (C=O) groups excluding carboxylic acids is 5. The smallest absolute Gasteiger partial charge is 0.325 e. The number of rotatable bonds is 12. The summed E-state index contributed by atoms with van der Waals surface area (Å²) in [5, 5.41) is 15.2. The quantitative estimate of drug-likeness (QED) is 0.172. The highest BCUT2D eigenvalue weighted by Crippen LogP contribution is 1.99. The van der Waals surface area contributed by atoms with Crippen LogP contribution in [0.1, 0.15) is 26.2 Å². The van der Waals surface area contributed by atoms with Gasteiger partial charge in [-0.3, -0.25) is 28.8 Å². The first-order valence-corrected chi connectivity index (χ1v) is 7.86. The van der Waals surface area contributed by atoms with Crippen molar-refractivity contribution in [1.82, 2.24) is 16.0 Å². The van der Waals surface area contributed by atoms with Crippen LogP contribution in [-0.2, 0) is 28.8 Å². The van der Waals surface area contributed by atoms with Crippen molar-refractivity contribution in [3.63, 3.8) is 0 Å². The lowest BCUT2D eigenvalue weighted by Gasteiger charge is -2.20. The Balaban J connectivity index is 4.81. The molecule has 0 aliphatic heterocycles. The number of nitrogens with one attached hydrogen (secondary N) is 3. The summed E-state index contributed by atoms with van der Waals surface area (Å²) in [6.45, 7) is 0.671. The SMILES string of the molecule is CC(NC(=O)CNC(=O)C(CCC(N)=O)NC(=O)C(N)CC(N)=O)C(=O)O. The van der Waals surface area contributed by atoms with Crippen LogP contribution >= 0.6 is 0 Å². The molecule has 3 unspecified atom stereocenters. The normalized spacial score (nSPS) is 13.6. The zero-order valence-electron chi connectivity index (χ0n) is 14.7. The highest BCUT2D eigenvalue weighted by molar-refractivity contribution is 5.94. The number of nitrogens with two attached hydrogens (primary N) is 3. The Morgan fingerprint density at radius 2 is 1.56 bits per heavy atom. The van der Waals surface area contributed by atoms with E-state index in [0.29, 0.717) is 0 Å². The predicted octanol–water partition coefficient (Wildman–Crippen LogP) is -4.36. The summed E-state index contributed by atoms with van der Waals surface area (Å²) in [5.74, 6) is -5.26. The van der Waals surface area contributed by atoms with Gasteiger partial charge in [-0.15, -0.1) is 0 Å². The topological polar surface area (TPSA) is 237 Å². The third kappa shape index (κ3) is 10.4. The second-order valence-corrected chi connectivity index (χ2v) is 5.69. The van der Waals surface area contributed by atoms with Gasteiger partial charge in [-0.25, -0.2) is 0 Å². The zero-order valence-corrected chi connectivity index (χ0v) is 14.7. The largest absolute Gasteiger partial charge is 0.480 e. The van der Waals surface area contributed by atoms with Gasteiger partial charge >= 0.3 is 5.97 Å². The molecule has 0 fully saturated rings. The molecule has 0 saturated carbocycles. The van der Waals surface area contributed by atoms with Gasteiger partial charge in [0.15, 0.2) is 0 Å². The molecule has 13 nitrogen and oxygen atoms in total. The van der Waals surface area contributed by atoms with Crippen LogP contribution in [0.25, 0.3) is 0 Å². The number of carboxylic acid groups (broad SMARTS) is 1. The van der Waals surface area contributed by atoms with E-state index < -0.39 is 66.6 Å². The fourth-order valence-electron chi connectivity index (χ4n) is 1.79. The lowest BCUT2D eigenvalue weighted by atomic mass is 10.1. The summed E-state index contributed by atoms with van der Waals surface area (Å²) in [6.07, 6.45) is -0.875. The maximum atomic E-state index is 12.2. The molecule has 27 heavy (non-hydrogen) atoms. The Labute approximate surface area is 154 Å². The molecule has 3 atom stereocenters. The van der Waals surface area contributed by atoms with Crippen LogP contribution in [0.15, 0.2) is 0 Å². The van der Waals surface area contributed by atoms with E-state index >= 15 is 0 Å². The first-order valence-electron chi connectivity index (χ1n) is 7.86. The summed E-state index contributed by atoms with van der Waals surface area (Å²) in [6, 6.07) is -3.72. The number of carboxylic acids is 1. The van der Waals surface area contributed by atoms with Crippen LogP contribution in [0.4, 0.5) is 0 Å². The second-order valence-electron chi connectivity index (χ2n) is 5.69. The molecule has 0 aromatic heterocycles. The molecular formula is C14H24N6O7. The summed E-state index contributed by atoms with van der Waals surface area (Å²) in [4.78, 5) is 68.0. The van der Waals surface area contributed by atoms with Gasteiger partial charge in [0, 0.05) is 6.42 Å². The van der Waals surface area contributed by atoms with Gasteiger partial charge < -0.3 is 38.3 Å². The standard InChI is InChI=1S/C14H24N6O7/c1-6(14(26)27)19-11(23)5-18-13(25)8(2-3-9(16)21)20-12(24)7(15)4-10(17)22/h6-8H,2-5,15H2,1H3,(H2,16,21)(H2,17,22)(H,18,25)(H,19,23)(H,20,24)(H,26,27). The Morgan fingerprint density at radius 3 is 2.04 bits per heavy atom. The van der Waals surface area contributed by atoms with Crippen molar-refractivity contribution in [3.8, 4) is 0 Å². The molecule has 0 aliphatic carbocycles. The molecule has 0 spiro atoms. The van der Waals surface area contributed by atoms with Gasteiger partial charge in [-0.05, 0) is 13.3 Å². The third-order valence-corrected chi connectivity index (χ3v) is 3.24. The summed E-state index contributed by atoms with van der Waals surface area (Å²) in [5.41, 5.74) is 15.4. The summed E-state index contributed by atoms with van der Waals surface area (Å²) < 4.78 is 0. The molecular weight excluding hydrogens is 364 g/mol. The lowest BCUT2D eigenvalue weighted by molar-refractivity contribution is -0.141. The van der Waals surface area contributed by atoms with E-state index in [1.54, 1.807) is 0 Å². The van der Waals surface area contributed by atoms with Gasteiger partial charge in [0.25, 0.3) is 0 Å². The van der Waals surface area contributed by atoms with Gasteiger partial charge in [0.05, 0.1) is 19.0 Å². The van der Waals surface area contributed by atoms with Crippen molar-refractivity contribution in [2.75, 3.05) is 6.54 Å². The van der Waals surface area contributed by atoms with Crippen molar-refractivity contribution in [1.29, 1.82) is 0 Å². The number of aliphatic carboxylic acids is 1. The van der Waals surface area contributed by atoms with Crippen molar-refractivity contribution in [2.45, 2.75) is 44.3 Å². The van der Waals surface area contributed by atoms with Crippen LogP contribution in [0.5, 0.6) is 0 Å². The van der Waals surface area contributed by atoms with Crippen LogP contribution in [-0.4, -0.2) is 65.3 Å². The molecule has 5 amide bonds. The van der Waals surface area contributed by atoms with E-state index in [1.165, 1.54) is 6.92 Å². The molecule has 152 valence electrons. The molecule has 13 heteroatoms. The van der Waals surface area contributed by atoms with Crippen LogP contribution in [0.3, 0.4) is 0 Å². The molecule has 0 aliphatic rings. The average molecular weight is 388 g/mol. The molecule has 0 bridgehead atoms. The minimum atomic E-state index is -1.30. The first kappa shape index (κ1) is 23.8. The highest BCUT2D eigenvalue weighted by Gasteiger charge is 2.25. The number of hydrogen-bond donors (Lipinski definition) is 7. The van der Waals surface area contributed by atoms with Gasteiger partial charge in [0.1, 0.15) is 12.1 Å². The minimum absolute atomic E-state index is 0.177. The highest BCUT2D eigenvalue weighted by atomic mass is 16.4. The molecule has 0 aromatic rings. The number of primary amides is 2. The van der Waals surface area contributed by atoms with Gasteiger partial charge in [-0.2, -0.15) is 0 Å². The van der Waals surface area contributed by atoms with Crippen molar-refractivity contribution in [3.05, 3.63) is 0 Å². The van der Waals surface area contributed by atoms with Crippen molar-refractivity contribution < 1.29 is 33.9 Å². The van der Waals surface area contributed by atoms with Gasteiger partial charge in [0.2, 0.25) is 29.5 Å². The van der Waals surface area contributed by atoms with Crippen LogP contribution in [0, 0.1) is 0 Å². The number of amides is 5. The maximum Gasteiger partial charge on any atom is 0.325 e. The molecule has 0 rings (SSSR count). The van der Waals surface area contributed by atoms with E-state index in [2.05, 4.69) is 16.0 Å². The minimum Gasteiger partial charge on any atom is -0.480 e. The maximum absolute atomic E-state index is 12.2. The summed E-state index contributed by atoms with van der Waals surface area (Å²) in [7, 11) is 0. The van der Waals surface area contributed by atoms with Crippen molar-refractivity contribution in [2.24, 2.45) is 17.2 Å². The third-order valence-electron chi connectivity index (χ3n) is 3.24. The van der Waals surface area contributed by atoms with Gasteiger partial charge in [-0.1, -0.05) is 0 Å². The Kier molecular flexibility index (Phi) is 10.0. The van der Waals surface area contributed by atoms with Crippen molar-refractivity contribution >= 4 is 35.5 Å². The lowest BCUT2D eigenvalue weighted by Crippen LogP contribution is -2.54. The Hall–Kier alpha value is -3.22. The molecule has 0 aromatic carbocycles. The number of hydrogen-bond acceptors (Lipinski definition) is 7. The molecule has 0 saturated heterocycles. The average Bonchev–Trinajstić information content (AvgIpc) is 2.55. The molecule has 10 N–H and O–H groups in total. The first-order chi connectivity index (χ1) is 12.4. The van der Waals surface area contributed by atoms with E-state index in [-0.39, 0.29) is 12.8 Å². The molecule has 0 heterocycles. The predicted molar refractivity (Wildman–Crippen MR) is 90.4 cm³/mol. The van der Waals surface area contributed by atoms with E-state index in [9.17, 15) is 28.8 Å². The van der Waals surface area contributed by atoms with E-state index in [4.69, 9.17) is 22.3 Å². The zero-order chi connectivity index (χ0) is 21.1. The Morgan fingerprint density at radius 1 is 0.963 bits per heavy atom. The van der Waals surface area contributed by atoms with Crippen LogP contribution < -0.4 is 33.2 Å². The van der Waals surface area contributed by atoms with Crippen LogP contribution in [0.2, 0.25) is 0 Å². The number of carbonyl (C=O) groups is 6. The monoisotopic (exact) mass is 388 g/mol. The second kappa shape index (κ2) is 11.4. The summed E-state index contributed by atoms with van der Waals surface area (Å²) >= 11 is 0. The van der Waals surface area contributed by atoms with E-state index in [1.807, 2.05) is 0 Å². The fraction of sp³-hybridized carbons (Fsp3) is 0.571.